The van der Waals surface area contributed by atoms with E-state index in [9.17, 15) is 13.2 Å². The third-order valence-corrected chi connectivity index (χ3v) is 5.89. The Balaban J connectivity index is 1.79. The van der Waals surface area contributed by atoms with Gasteiger partial charge in [0.1, 0.15) is 5.78 Å². The highest BCUT2D eigenvalue weighted by molar-refractivity contribution is 7.92. The average Bonchev–Trinajstić information content (AvgIpc) is 3.02. The molecule has 1 aliphatic rings. The van der Waals surface area contributed by atoms with Gasteiger partial charge in [0.25, 0.3) is 10.0 Å². The monoisotopic (exact) mass is 367 g/mol. The fourth-order valence-corrected chi connectivity index (χ4v) is 4.06. The molecule has 0 saturated heterocycles. The molecular formula is C21H21NO3S. The zero-order valence-electron chi connectivity index (χ0n) is 14.7. The van der Waals surface area contributed by atoms with E-state index in [0.717, 1.165) is 18.4 Å². The van der Waals surface area contributed by atoms with Crippen LogP contribution >= 0.6 is 0 Å². The van der Waals surface area contributed by atoms with Crippen LogP contribution in [0.25, 0.3) is 0 Å². The summed E-state index contributed by atoms with van der Waals surface area (Å²) in [7, 11) is -3.67. The van der Waals surface area contributed by atoms with Gasteiger partial charge in [-0.3, -0.25) is 9.52 Å². The van der Waals surface area contributed by atoms with Crippen molar-refractivity contribution in [2.24, 2.45) is 5.92 Å². The zero-order chi connectivity index (χ0) is 18.6. The van der Waals surface area contributed by atoms with Gasteiger partial charge < -0.3 is 0 Å². The molecule has 1 aliphatic carbocycles. The Hall–Kier alpha value is -2.58. The molecule has 0 bridgehead atoms. The van der Waals surface area contributed by atoms with Gasteiger partial charge in [-0.25, -0.2) is 8.42 Å². The molecule has 1 fully saturated rings. The van der Waals surface area contributed by atoms with Crippen molar-refractivity contribution in [2.45, 2.75) is 37.5 Å². The molecule has 26 heavy (non-hydrogen) atoms. The van der Waals surface area contributed by atoms with Gasteiger partial charge in [0.05, 0.1) is 10.6 Å². The summed E-state index contributed by atoms with van der Waals surface area (Å²) in [6, 6.07) is 13.7. The Labute approximate surface area is 154 Å². The quantitative estimate of drug-likeness (QED) is 0.834. The first kappa shape index (κ1) is 18.2. The van der Waals surface area contributed by atoms with Crippen LogP contribution in [0.15, 0.2) is 53.4 Å². The maximum absolute atomic E-state index is 12.6. The van der Waals surface area contributed by atoms with Crippen molar-refractivity contribution in [3.63, 3.8) is 0 Å². The van der Waals surface area contributed by atoms with Gasteiger partial charge >= 0.3 is 0 Å². The molecule has 0 radical (unpaired) electrons. The normalized spacial score (nSPS) is 16.8. The molecule has 0 aromatic heterocycles. The number of benzene rings is 2. The molecule has 1 atom stereocenters. The Morgan fingerprint density at radius 1 is 1.12 bits per heavy atom. The minimum absolute atomic E-state index is 0.0268. The molecule has 2 aromatic carbocycles. The standard InChI is InChI=1S/C21H21NO3S/c1-16-12-14-19(15-13-16)26(24,25)22-20-10-3-2-6-17(20)7-4-8-18-9-5-11-21(18)23/h2-3,6,10,12-15,18,22H,5,8-9,11H2,1H3. The van der Waals surface area contributed by atoms with E-state index in [1.54, 1.807) is 42.5 Å². The van der Waals surface area contributed by atoms with Crippen LogP contribution in [0.3, 0.4) is 0 Å². The van der Waals surface area contributed by atoms with E-state index in [1.165, 1.54) is 0 Å². The summed E-state index contributed by atoms with van der Waals surface area (Å²) in [5.74, 6) is 6.37. The number of ketones is 1. The third kappa shape index (κ3) is 4.33. The van der Waals surface area contributed by atoms with E-state index >= 15 is 0 Å². The predicted octanol–water partition coefficient (Wildman–Crippen LogP) is 3.91. The first-order valence-corrected chi connectivity index (χ1v) is 10.1. The Morgan fingerprint density at radius 2 is 1.85 bits per heavy atom. The van der Waals surface area contributed by atoms with E-state index in [-0.39, 0.29) is 16.6 Å². The molecule has 3 rings (SSSR count). The summed E-state index contributed by atoms with van der Waals surface area (Å²) in [6.07, 6.45) is 3.02. The second-order valence-corrected chi connectivity index (χ2v) is 8.21. The SMILES string of the molecule is Cc1ccc(S(=O)(=O)Nc2ccccc2C#CCC2CCCC2=O)cc1. The number of carbonyl (C=O) groups excluding carboxylic acids is 1. The van der Waals surface area contributed by atoms with Crippen LogP contribution < -0.4 is 4.72 Å². The highest BCUT2D eigenvalue weighted by atomic mass is 32.2. The van der Waals surface area contributed by atoms with Gasteiger partial charge in [-0.15, -0.1) is 0 Å². The van der Waals surface area contributed by atoms with Crippen LogP contribution in [0.5, 0.6) is 0 Å². The van der Waals surface area contributed by atoms with Crippen LogP contribution in [-0.2, 0) is 14.8 Å². The van der Waals surface area contributed by atoms with Crippen molar-refractivity contribution >= 4 is 21.5 Å². The number of anilines is 1. The fraction of sp³-hybridized carbons (Fsp3) is 0.286. The number of nitrogens with one attached hydrogen (secondary N) is 1. The summed E-state index contributed by atoms with van der Waals surface area (Å²) in [5.41, 5.74) is 2.05. The van der Waals surface area contributed by atoms with Gasteiger partial charge in [0, 0.05) is 24.3 Å². The van der Waals surface area contributed by atoms with Crippen LogP contribution in [0.4, 0.5) is 5.69 Å². The molecule has 5 heteroatoms. The van der Waals surface area contributed by atoms with Crippen molar-refractivity contribution in [1.82, 2.24) is 0 Å². The molecule has 1 unspecified atom stereocenters. The number of hydrogen-bond donors (Lipinski definition) is 1. The second kappa shape index (κ2) is 7.76. The van der Waals surface area contributed by atoms with Gasteiger partial charge in [0.2, 0.25) is 0 Å². The van der Waals surface area contributed by atoms with Gasteiger partial charge in [0.15, 0.2) is 0 Å². The predicted molar refractivity (Wildman–Crippen MR) is 102 cm³/mol. The second-order valence-electron chi connectivity index (χ2n) is 6.53. The molecule has 0 heterocycles. The van der Waals surface area contributed by atoms with Crippen LogP contribution in [-0.4, -0.2) is 14.2 Å². The van der Waals surface area contributed by atoms with Gasteiger partial charge in [-0.2, -0.15) is 0 Å². The van der Waals surface area contributed by atoms with E-state index < -0.39 is 10.0 Å². The minimum Gasteiger partial charge on any atom is -0.299 e. The molecule has 0 amide bonds. The number of Topliss-reactive ketones (excluding diaryl/α,β-unsaturated/α-hetero) is 1. The van der Waals surface area contributed by atoms with Crippen molar-refractivity contribution in [2.75, 3.05) is 4.72 Å². The number of carbonyl (C=O) groups is 1. The van der Waals surface area contributed by atoms with Crippen molar-refractivity contribution in [3.8, 4) is 11.8 Å². The number of para-hydroxylation sites is 1. The summed E-state index contributed by atoms with van der Waals surface area (Å²) in [5, 5.41) is 0. The summed E-state index contributed by atoms with van der Waals surface area (Å²) in [6.45, 7) is 1.91. The first-order chi connectivity index (χ1) is 12.5. The van der Waals surface area contributed by atoms with Gasteiger partial charge in [-0.1, -0.05) is 41.7 Å². The molecular weight excluding hydrogens is 346 g/mol. The highest BCUT2D eigenvalue weighted by Crippen LogP contribution is 2.24. The minimum atomic E-state index is -3.67. The van der Waals surface area contributed by atoms with Crippen LogP contribution in [0.1, 0.15) is 36.8 Å². The number of aryl methyl sites for hydroxylation is 1. The molecule has 2 aromatic rings. The largest absolute Gasteiger partial charge is 0.299 e. The lowest BCUT2D eigenvalue weighted by Crippen LogP contribution is -2.13. The molecule has 1 N–H and O–H groups in total. The molecule has 134 valence electrons. The lowest BCUT2D eigenvalue weighted by Gasteiger charge is -2.10. The molecule has 0 spiro atoms. The Bertz CT molecular complexity index is 966. The van der Waals surface area contributed by atoms with Crippen LogP contribution in [0, 0.1) is 24.7 Å². The smallest absolute Gasteiger partial charge is 0.261 e. The number of rotatable bonds is 4. The third-order valence-electron chi connectivity index (χ3n) is 4.51. The Morgan fingerprint density at radius 3 is 2.54 bits per heavy atom. The fourth-order valence-electron chi connectivity index (χ4n) is 2.98. The molecule has 4 nitrogen and oxygen atoms in total. The maximum atomic E-state index is 12.6. The topological polar surface area (TPSA) is 63.2 Å². The van der Waals surface area contributed by atoms with Crippen molar-refractivity contribution < 1.29 is 13.2 Å². The zero-order valence-corrected chi connectivity index (χ0v) is 15.5. The number of hydrogen-bond acceptors (Lipinski definition) is 3. The average molecular weight is 367 g/mol. The summed E-state index contributed by atoms with van der Waals surface area (Å²) in [4.78, 5) is 11.9. The van der Waals surface area contributed by atoms with E-state index in [4.69, 9.17) is 0 Å². The van der Waals surface area contributed by atoms with E-state index in [1.807, 2.05) is 13.0 Å². The summed E-state index contributed by atoms with van der Waals surface area (Å²) >= 11 is 0. The molecule has 0 aliphatic heterocycles. The van der Waals surface area contributed by atoms with E-state index in [2.05, 4.69) is 16.6 Å². The van der Waals surface area contributed by atoms with E-state index in [0.29, 0.717) is 24.1 Å². The first-order valence-electron chi connectivity index (χ1n) is 8.66. The Kier molecular flexibility index (Phi) is 5.43. The van der Waals surface area contributed by atoms with Crippen molar-refractivity contribution in [3.05, 3.63) is 59.7 Å². The van der Waals surface area contributed by atoms with Gasteiger partial charge in [-0.05, 0) is 44.0 Å². The lowest BCUT2D eigenvalue weighted by atomic mass is 10.0. The summed E-state index contributed by atoms with van der Waals surface area (Å²) < 4.78 is 27.8. The van der Waals surface area contributed by atoms with Crippen LogP contribution in [0.2, 0.25) is 0 Å². The highest BCUT2D eigenvalue weighted by Gasteiger charge is 2.23. The van der Waals surface area contributed by atoms with Crippen molar-refractivity contribution in [1.29, 1.82) is 0 Å². The number of sulfonamides is 1. The maximum Gasteiger partial charge on any atom is 0.261 e. The lowest BCUT2D eigenvalue weighted by molar-refractivity contribution is -0.120. The molecule has 1 saturated carbocycles.